The van der Waals surface area contributed by atoms with E-state index < -0.39 is 5.91 Å². The molecule has 1 N–H and O–H groups in total. The number of carbonyl (C=O) groups excluding carboxylic acids is 1. The first-order chi connectivity index (χ1) is 15.6. The van der Waals surface area contributed by atoms with E-state index in [2.05, 4.69) is 69.1 Å². The van der Waals surface area contributed by atoms with Gasteiger partial charge in [-0.15, -0.1) is 0 Å². The van der Waals surface area contributed by atoms with Crippen molar-refractivity contribution in [3.05, 3.63) is 58.8 Å². The third kappa shape index (κ3) is 4.22. The number of rotatable bonds is 5. The van der Waals surface area contributed by atoms with Gasteiger partial charge >= 0.3 is 5.91 Å². The van der Waals surface area contributed by atoms with Crippen molar-refractivity contribution in [2.24, 2.45) is 5.10 Å². The average molecular weight is 448 g/mol. The molecule has 3 aromatic rings. The summed E-state index contributed by atoms with van der Waals surface area (Å²) >= 11 is 0. The summed E-state index contributed by atoms with van der Waals surface area (Å²) in [7, 11) is 1.57. The number of para-hydroxylation sites is 1. The van der Waals surface area contributed by atoms with E-state index in [1.54, 1.807) is 25.5 Å². The van der Waals surface area contributed by atoms with Gasteiger partial charge in [-0.3, -0.25) is 4.79 Å². The van der Waals surface area contributed by atoms with E-state index in [4.69, 9.17) is 9.15 Å². The Morgan fingerprint density at radius 1 is 1.30 bits per heavy atom. The van der Waals surface area contributed by atoms with Crippen molar-refractivity contribution in [1.29, 1.82) is 0 Å². The summed E-state index contributed by atoms with van der Waals surface area (Å²) in [5.41, 5.74) is 7.98. The zero-order valence-electron chi connectivity index (χ0n) is 20.5. The van der Waals surface area contributed by atoms with Gasteiger partial charge in [-0.1, -0.05) is 19.1 Å². The predicted molar refractivity (Wildman–Crippen MR) is 134 cm³/mol. The van der Waals surface area contributed by atoms with E-state index in [1.807, 2.05) is 12.1 Å². The lowest BCUT2D eigenvalue weighted by atomic mass is 9.78. The maximum Gasteiger partial charge on any atom is 0.307 e. The second kappa shape index (κ2) is 8.58. The van der Waals surface area contributed by atoms with Crippen molar-refractivity contribution in [2.45, 2.75) is 65.5 Å². The van der Waals surface area contributed by atoms with E-state index in [1.165, 1.54) is 11.3 Å². The molecule has 0 bridgehead atoms. The number of furan rings is 1. The van der Waals surface area contributed by atoms with Gasteiger partial charge in [-0.2, -0.15) is 5.10 Å². The molecule has 1 atom stereocenters. The Labute approximate surface area is 195 Å². The normalized spacial score (nSPS) is 17.6. The first kappa shape index (κ1) is 22.9. The first-order valence-electron chi connectivity index (χ1n) is 11.5. The molecule has 1 amide bonds. The minimum Gasteiger partial charge on any atom is -0.493 e. The lowest BCUT2D eigenvalue weighted by Gasteiger charge is -2.50. The smallest absolute Gasteiger partial charge is 0.307 e. The highest BCUT2D eigenvalue weighted by atomic mass is 16.5. The number of nitrogens with zero attached hydrogens (tertiary/aromatic N) is 2. The van der Waals surface area contributed by atoms with Crippen molar-refractivity contribution in [2.75, 3.05) is 12.0 Å². The standard InChI is InChI=1S/C27H33N3O3/c1-16(2)30-22-11-17(3)20(12-21(22)18(4)14-27(30,5)6)15-28-29-26(31)24-13-19-9-8-10-23(32-7)25(19)33-24/h8-13,15-16,18H,14H2,1-7H3,(H,29,31)/b28-15-/t18-/m0/s1. The Balaban J connectivity index is 1.57. The molecule has 0 spiro atoms. The second-order valence-corrected chi connectivity index (χ2v) is 9.84. The summed E-state index contributed by atoms with van der Waals surface area (Å²) in [6, 6.07) is 12.1. The van der Waals surface area contributed by atoms with Gasteiger partial charge in [0.25, 0.3) is 0 Å². The number of anilines is 1. The number of benzene rings is 2. The maximum absolute atomic E-state index is 12.6. The first-order valence-corrected chi connectivity index (χ1v) is 11.5. The van der Waals surface area contributed by atoms with Gasteiger partial charge in [-0.05, 0) is 87.9 Å². The van der Waals surface area contributed by atoms with Crippen LogP contribution in [0.15, 0.2) is 45.9 Å². The van der Waals surface area contributed by atoms with Crippen LogP contribution in [0.1, 0.15) is 74.2 Å². The largest absolute Gasteiger partial charge is 0.493 e. The van der Waals surface area contributed by atoms with Crippen LogP contribution in [0.3, 0.4) is 0 Å². The van der Waals surface area contributed by atoms with Crippen LogP contribution in [-0.2, 0) is 0 Å². The van der Waals surface area contributed by atoms with Crippen molar-refractivity contribution >= 4 is 28.8 Å². The lowest BCUT2D eigenvalue weighted by Crippen LogP contribution is -2.51. The molecule has 2 aromatic carbocycles. The molecule has 1 aromatic heterocycles. The van der Waals surface area contributed by atoms with Crippen LogP contribution in [0.2, 0.25) is 0 Å². The molecule has 6 heteroatoms. The van der Waals surface area contributed by atoms with Crippen LogP contribution in [-0.4, -0.2) is 30.8 Å². The van der Waals surface area contributed by atoms with Gasteiger partial charge in [0.05, 0.1) is 13.3 Å². The summed E-state index contributed by atoms with van der Waals surface area (Å²) in [5, 5.41) is 5.02. The molecular formula is C27H33N3O3. The Morgan fingerprint density at radius 2 is 2.06 bits per heavy atom. The molecule has 0 saturated carbocycles. The van der Waals surface area contributed by atoms with E-state index in [-0.39, 0.29) is 11.3 Å². The van der Waals surface area contributed by atoms with Gasteiger partial charge in [0, 0.05) is 22.7 Å². The number of aryl methyl sites for hydroxylation is 1. The van der Waals surface area contributed by atoms with Crippen molar-refractivity contribution in [1.82, 2.24) is 5.43 Å². The van der Waals surface area contributed by atoms with E-state index in [0.29, 0.717) is 23.3 Å². The van der Waals surface area contributed by atoms with Crippen LogP contribution in [0, 0.1) is 6.92 Å². The number of hydrazone groups is 1. The second-order valence-electron chi connectivity index (χ2n) is 9.84. The number of fused-ring (bicyclic) bond motifs is 2. The minimum atomic E-state index is -0.402. The van der Waals surface area contributed by atoms with Crippen molar-refractivity contribution < 1.29 is 13.9 Å². The van der Waals surface area contributed by atoms with E-state index in [0.717, 1.165) is 22.9 Å². The molecule has 6 nitrogen and oxygen atoms in total. The average Bonchev–Trinajstić information content (AvgIpc) is 3.18. The highest BCUT2D eigenvalue weighted by Crippen LogP contribution is 2.45. The SMILES string of the molecule is COc1cccc2cc(C(=O)N/N=C\c3cc4c(cc3C)N(C(C)C)C(C)(C)C[C@@H]4C)oc12. The minimum absolute atomic E-state index is 0.103. The molecule has 1 aliphatic rings. The fourth-order valence-electron chi connectivity index (χ4n) is 5.25. The number of carbonyl (C=O) groups is 1. The monoisotopic (exact) mass is 447 g/mol. The number of ether oxygens (including phenoxy) is 1. The number of hydrogen-bond donors (Lipinski definition) is 1. The maximum atomic E-state index is 12.6. The van der Waals surface area contributed by atoms with Gasteiger partial charge in [0.15, 0.2) is 17.1 Å². The predicted octanol–water partition coefficient (Wildman–Crippen LogP) is 6.01. The van der Waals surface area contributed by atoms with Gasteiger partial charge in [0.2, 0.25) is 0 Å². The summed E-state index contributed by atoms with van der Waals surface area (Å²) < 4.78 is 11.0. The van der Waals surface area contributed by atoms with Crippen molar-refractivity contribution in [3.63, 3.8) is 0 Å². The highest BCUT2D eigenvalue weighted by molar-refractivity contribution is 5.97. The zero-order valence-corrected chi connectivity index (χ0v) is 20.5. The summed E-state index contributed by atoms with van der Waals surface area (Å²) in [5.74, 6) is 0.823. The quantitative estimate of drug-likeness (QED) is 0.384. The fourth-order valence-corrected chi connectivity index (χ4v) is 5.25. The topological polar surface area (TPSA) is 67.1 Å². The molecule has 0 unspecified atom stereocenters. The third-order valence-corrected chi connectivity index (χ3v) is 6.50. The van der Waals surface area contributed by atoms with Gasteiger partial charge in [-0.25, -0.2) is 5.43 Å². The number of nitrogens with one attached hydrogen (secondary N) is 1. The molecule has 0 radical (unpaired) electrons. The fraction of sp³-hybridized carbons (Fsp3) is 0.407. The Bertz CT molecular complexity index is 1220. The van der Waals surface area contributed by atoms with E-state index in [9.17, 15) is 4.79 Å². The van der Waals surface area contributed by atoms with Gasteiger partial charge in [0.1, 0.15) is 0 Å². The number of amides is 1. The molecule has 33 heavy (non-hydrogen) atoms. The number of hydrogen-bond acceptors (Lipinski definition) is 5. The van der Waals surface area contributed by atoms with Crippen LogP contribution in [0.4, 0.5) is 5.69 Å². The zero-order chi connectivity index (χ0) is 23.9. The Hall–Kier alpha value is -3.28. The molecule has 2 heterocycles. The summed E-state index contributed by atoms with van der Waals surface area (Å²) in [6.45, 7) is 13.5. The summed E-state index contributed by atoms with van der Waals surface area (Å²) in [4.78, 5) is 15.1. The molecule has 0 saturated heterocycles. The molecule has 174 valence electrons. The molecular weight excluding hydrogens is 414 g/mol. The number of methoxy groups -OCH3 is 1. The third-order valence-electron chi connectivity index (χ3n) is 6.50. The summed E-state index contributed by atoms with van der Waals surface area (Å²) in [6.07, 6.45) is 2.80. The van der Waals surface area contributed by atoms with E-state index >= 15 is 0 Å². The molecule has 0 aliphatic carbocycles. The van der Waals surface area contributed by atoms with Crippen LogP contribution >= 0.6 is 0 Å². The van der Waals surface area contributed by atoms with Gasteiger partial charge < -0.3 is 14.1 Å². The highest BCUT2D eigenvalue weighted by Gasteiger charge is 2.37. The Kier molecular flexibility index (Phi) is 5.95. The molecule has 1 aliphatic heterocycles. The van der Waals surface area contributed by atoms with Crippen LogP contribution in [0.25, 0.3) is 11.0 Å². The van der Waals surface area contributed by atoms with Crippen molar-refractivity contribution in [3.8, 4) is 5.75 Å². The molecule has 4 rings (SSSR count). The Morgan fingerprint density at radius 3 is 2.76 bits per heavy atom. The van der Waals surface area contributed by atoms with Crippen LogP contribution < -0.4 is 15.1 Å². The molecule has 0 fully saturated rings. The lowest BCUT2D eigenvalue weighted by molar-refractivity contribution is 0.0929. The van der Waals surface area contributed by atoms with Crippen LogP contribution in [0.5, 0.6) is 5.75 Å².